The van der Waals surface area contributed by atoms with Gasteiger partial charge in [-0.2, -0.15) is 0 Å². The molecule has 2 heterocycles. The Labute approximate surface area is 465 Å². The molecule has 1 atom stereocenters. The highest BCUT2D eigenvalue weighted by atomic mass is 16.3. The van der Waals surface area contributed by atoms with Crippen LogP contribution in [0.2, 0.25) is 0 Å². The second-order valence-electron chi connectivity index (χ2n) is 21.3. The molecule has 2 aliphatic carbocycles. The largest absolute Gasteiger partial charge is 0.454 e. The molecule has 0 bridgehead atoms. The fraction of sp³-hybridized carbons (Fsp3) is 0.0526. The second-order valence-corrected chi connectivity index (χ2v) is 21.3. The van der Waals surface area contributed by atoms with Gasteiger partial charge in [-0.05, 0) is 171 Å². The van der Waals surface area contributed by atoms with Crippen LogP contribution < -0.4 is 9.80 Å². The van der Waals surface area contributed by atoms with Crippen molar-refractivity contribution in [2.24, 2.45) is 0 Å². The fourth-order valence-corrected chi connectivity index (χ4v) is 13.6. The van der Waals surface area contributed by atoms with Crippen LogP contribution in [0.15, 0.2) is 241 Å². The standard InChI is InChI=1S/C76H54N2O2/c1-7-17-58-62-20-15-23-67(74(62)79-69(58)10-4)77(51-33-26-46(5)27-34-51)53-37-41-56-49(44-53)30-39-60-61-40-31-50-45-54(78(52-35-28-47(6)29-36-52)68-24-16-21-63-59-18-12-14-25-70(59)80-75(63)68)38-42-57(50)73(61)76(72(56)60)65-22-13-11-19-64(65)71-55(9-3)48(8-2)32-43-66(71)76/h7-45H,2-4H2,1,5-6H3/b17-7-. The molecule has 11 aromatic carbocycles. The smallest absolute Gasteiger partial charge is 0.159 e. The number of fused-ring (bicyclic) bond motifs is 18. The number of aryl methyl sites for hydroxylation is 2. The van der Waals surface area contributed by atoms with E-state index in [1.807, 2.05) is 31.2 Å². The van der Waals surface area contributed by atoms with Crippen LogP contribution in [0, 0.1) is 13.8 Å². The zero-order valence-corrected chi connectivity index (χ0v) is 44.8. The third-order valence-electron chi connectivity index (χ3n) is 17.0. The van der Waals surface area contributed by atoms with E-state index >= 15 is 0 Å². The molecule has 4 nitrogen and oxygen atoms in total. The summed E-state index contributed by atoms with van der Waals surface area (Å²) in [5.41, 5.74) is 23.4. The summed E-state index contributed by atoms with van der Waals surface area (Å²) in [6, 6.07) is 75.9. The van der Waals surface area contributed by atoms with E-state index in [9.17, 15) is 0 Å². The molecular weight excluding hydrogens is 973 g/mol. The van der Waals surface area contributed by atoms with Crippen molar-refractivity contribution < 1.29 is 8.83 Å². The van der Waals surface area contributed by atoms with E-state index in [0.29, 0.717) is 0 Å². The third kappa shape index (κ3) is 6.63. The Morgan fingerprint density at radius 3 is 1.59 bits per heavy atom. The Hall–Kier alpha value is -10.2. The van der Waals surface area contributed by atoms with E-state index < -0.39 is 5.41 Å². The van der Waals surface area contributed by atoms with Crippen LogP contribution >= 0.6 is 0 Å². The van der Waals surface area contributed by atoms with E-state index in [2.05, 4.69) is 256 Å². The van der Waals surface area contributed by atoms with E-state index in [-0.39, 0.29) is 0 Å². The van der Waals surface area contributed by atoms with Crippen molar-refractivity contribution in [3.05, 3.63) is 288 Å². The molecule has 80 heavy (non-hydrogen) atoms. The maximum Gasteiger partial charge on any atom is 0.159 e. The van der Waals surface area contributed by atoms with Gasteiger partial charge in [0.05, 0.1) is 16.8 Å². The Morgan fingerprint density at radius 2 is 0.988 bits per heavy atom. The monoisotopic (exact) mass is 1030 g/mol. The number of hydrogen-bond acceptors (Lipinski definition) is 4. The van der Waals surface area contributed by atoms with Crippen molar-refractivity contribution >= 4 is 113 Å². The molecule has 380 valence electrons. The van der Waals surface area contributed by atoms with E-state index in [0.717, 1.165) is 100 Å². The molecule has 2 aliphatic rings. The summed E-state index contributed by atoms with van der Waals surface area (Å²) in [6.07, 6.45) is 9.95. The predicted molar refractivity (Wildman–Crippen MR) is 339 cm³/mol. The number of allylic oxidation sites excluding steroid dienone is 1. The van der Waals surface area contributed by atoms with Gasteiger partial charge in [-0.3, -0.25) is 0 Å². The fourth-order valence-electron chi connectivity index (χ4n) is 13.6. The average molecular weight is 1030 g/mol. The van der Waals surface area contributed by atoms with Crippen LogP contribution in [0.4, 0.5) is 34.1 Å². The molecule has 13 aromatic rings. The molecule has 0 radical (unpaired) electrons. The van der Waals surface area contributed by atoms with Gasteiger partial charge in [0, 0.05) is 44.5 Å². The topological polar surface area (TPSA) is 32.8 Å². The van der Waals surface area contributed by atoms with Gasteiger partial charge >= 0.3 is 0 Å². The molecular formula is C76H54N2O2. The van der Waals surface area contributed by atoms with E-state index in [4.69, 9.17) is 8.83 Å². The summed E-state index contributed by atoms with van der Waals surface area (Å²) >= 11 is 0. The van der Waals surface area contributed by atoms with Crippen LogP contribution in [0.25, 0.3) is 101 Å². The number of hydrogen-bond donors (Lipinski definition) is 0. The first kappa shape index (κ1) is 47.1. The number of benzene rings is 11. The lowest BCUT2D eigenvalue weighted by Crippen LogP contribution is -2.26. The van der Waals surface area contributed by atoms with Gasteiger partial charge in [0.2, 0.25) is 0 Å². The molecule has 4 heteroatoms. The van der Waals surface area contributed by atoms with Gasteiger partial charge in [-0.25, -0.2) is 0 Å². The van der Waals surface area contributed by atoms with Crippen LogP contribution in [-0.4, -0.2) is 0 Å². The summed E-state index contributed by atoms with van der Waals surface area (Å²) < 4.78 is 13.5. The molecule has 0 saturated heterocycles. The second kappa shape index (κ2) is 18.0. The normalized spacial score (nSPS) is 14.1. The molecule has 0 fully saturated rings. The predicted octanol–water partition coefficient (Wildman–Crippen LogP) is 21.5. The average Bonchev–Trinajstić information content (AvgIpc) is 2.86. The van der Waals surface area contributed by atoms with Crippen molar-refractivity contribution in [3.63, 3.8) is 0 Å². The lowest BCUT2D eigenvalue weighted by Gasteiger charge is -2.33. The summed E-state index contributed by atoms with van der Waals surface area (Å²) in [7, 11) is 0. The summed E-state index contributed by atoms with van der Waals surface area (Å²) in [5, 5.41) is 7.89. The molecule has 0 saturated carbocycles. The van der Waals surface area contributed by atoms with Crippen molar-refractivity contribution in [3.8, 4) is 22.3 Å². The Bertz CT molecular complexity index is 4810. The molecule has 2 aromatic heterocycles. The zero-order valence-electron chi connectivity index (χ0n) is 44.8. The SMILES string of the molecule is C=Cc1ccc2c(c1C=C)-c1ccccc1C21c2c(ccc3cc(N(c4ccc(C)cc4)c4cccc5c(/C=C\C)c(C=C)oc45)ccc23)-c2ccc3cc(N(c4ccc(C)cc4)c4cccc5c4oc4ccccc45)ccc3c21. The van der Waals surface area contributed by atoms with Gasteiger partial charge in [0.25, 0.3) is 0 Å². The number of anilines is 6. The first-order chi connectivity index (χ1) is 39.3. The number of para-hydroxylation sites is 3. The Balaban J connectivity index is 0.986. The number of nitrogens with zero attached hydrogens (tertiary/aromatic N) is 2. The highest BCUT2D eigenvalue weighted by Gasteiger charge is 2.54. The van der Waals surface area contributed by atoms with Crippen molar-refractivity contribution in [1.82, 2.24) is 0 Å². The van der Waals surface area contributed by atoms with Crippen molar-refractivity contribution in [1.29, 1.82) is 0 Å². The summed E-state index contributed by atoms with van der Waals surface area (Å²) in [5.74, 6) is 0.748. The van der Waals surface area contributed by atoms with Crippen LogP contribution in [-0.2, 0) is 5.41 Å². The quantitative estimate of drug-likeness (QED) is 0.137. The van der Waals surface area contributed by atoms with Gasteiger partial charge in [-0.1, -0.05) is 195 Å². The zero-order chi connectivity index (χ0) is 54.0. The summed E-state index contributed by atoms with van der Waals surface area (Å²) in [6.45, 7) is 19.2. The van der Waals surface area contributed by atoms with E-state index in [1.165, 1.54) is 66.4 Å². The minimum Gasteiger partial charge on any atom is -0.454 e. The lowest BCUT2D eigenvalue weighted by atomic mass is 9.68. The molecule has 0 aliphatic heterocycles. The van der Waals surface area contributed by atoms with Crippen molar-refractivity contribution in [2.45, 2.75) is 26.2 Å². The van der Waals surface area contributed by atoms with Crippen molar-refractivity contribution in [2.75, 3.05) is 9.80 Å². The molecule has 15 rings (SSSR count). The molecule has 1 unspecified atom stereocenters. The van der Waals surface area contributed by atoms with Gasteiger partial charge in [-0.15, -0.1) is 0 Å². The van der Waals surface area contributed by atoms with Gasteiger partial charge < -0.3 is 18.6 Å². The first-order valence-corrected chi connectivity index (χ1v) is 27.4. The minimum atomic E-state index is -0.715. The van der Waals surface area contributed by atoms with Crippen LogP contribution in [0.3, 0.4) is 0 Å². The first-order valence-electron chi connectivity index (χ1n) is 27.4. The van der Waals surface area contributed by atoms with Crippen LogP contribution in [0.5, 0.6) is 0 Å². The molecule has 0 amide bonds. The minimum absolute atomic E-state index is 0.715. The third-order valence-corrected chi connectivity index (χ3v) is 17.0. The van der Waals surface area contributed by atoms with E-state index in [1.54, 1.807) is 0 Å². The molecule has 1 spiro atoms. The van der Waals surface area contributed by atoms with Gasteiger partial charge in [0.1, 0.15) is 11.3 Å². The van der Waals surface area contributed by atoms with Gasteiger partial charge in [0.15, 0.2) is 11.2 Å². The number of furan rings is 2. The maximum atomic E-state index is 6.75. The Morgan fingerprint density at radius 1 is 0.425 bits per heavy atom. The molecule has 0 N–H and O–H groups in total. The Kier molecular flexibility index (Phi) is 10.6. The summed E-state index contributed by atoms with van der Waals surface area (Å²) in [4.78, 5) is 4.69. The highest BCUT2D eigenvalue weighted by molar-refractivity contribution is 6.13. The number of rotatable bonds is 10. The maximum absolute atomic E-state index is 6.75. The highest BCUT2D eigenvalue weighted by Crippen LogP contribution is 2.66. The van der Waals surface area contributed by atoms with Crippen LogP contribution in [0.1, 0.15) is 62.8 Å². The lowest BCUT2D eigenvalue weighted by molar-refractivity contribution is 0.604.